The van der Waals surface area contributed by atoms with Gasteiger partial charge < -0.3 is 10.3 Å². The summed E-state index contributed by atoms with van der Waals surface area (Å²) in [6, 6.07) is 13.5. The summed E-state index contributed by atoms with van der Waals surface area (Å²) in [5, 5.41) is 4.05. The van der Waals surface area contributed by atoms with Crippen LogP contribution in [0.4, 0.5) is 5.82 Å². The molecule has 2 N–H and O–H groups in total. The van der Waals surface area contributed by atoms with E-state index >= 15 is 0 Å². The van der Waals surface area contributed by atoms with Crippen molar-refractivity contribution in [2.24, 2.45) is 5.92 Å². The number of hydrogen-bond acceptors (Lipinski definition) is 5. The highest BCUT2D eigenvalue weighted by Gasteiger charge is 2.28. The van der Waals surface area contributed by atoms with Gasteiger partial charge in [-0.3, -0.25) is 9.69 Å². The number of nitrogens with zero attached hydrogens (tertiary/aromatic N) is 3. The third kappa shape index (κ3) is 3.46. The third-order valence-corrected chi connectivity index (χ3v) is 5.13. The topological polar surface area (TPSA) is 73.9 Å². The van der Waals surface area contributed by atoms with Crippen molar-refractivity contribution in [3.8, 4) is 0 Å². The van der Waals surface area contributed by atoms with Gasteiger partial charge in [-0.15, -0.1) is 0 Å². The predicted octanol–water partition coefficient (Wildman–Crippen LogP) is 2.81. The van der Waals surface area contributed by atoms with Gasteiger partial charge in [0.1, 0.15) is 11.6 Å². The van der Waals surface area contributed by atoms with Gasteiger partial charge in [0.15, 0.2) is 0 Å². The number of aromatic amines is 1. The molecule has 0 amide bonds. The van der Waals surface area contributed by atoms with E-state index in [-0.39, 0.29) is 11.6 Å². The molecule has 26 heavy (non-hydrogen) atoms. The van der Waals surface area contributed by atoms with E-state index in [1.807, 2.05) is 42.5 Å². The standard InChI is InChI=1S/C20H23N5O/c1-14(19-23-17-7-3-2-6-16(17)20(26)24-19)25-11-9-15(13-25)12-22-18-8-4-5-10-21-18/h2-8,10,14-15H,9,11-13H2,1H3,(H,21,22)(H,23,24,26)/t14-,15-/m1/s1. The number of benzene rings is 1. The molecular formula is C20H23N5O. The SMILES string of the molecule is C[C@H](c1nc2ccccc2c(=O)[nH]1)N1CC[C@H](CNc2ccccn2)C1. The number of aromatic nitrogens is 3. The van der Waals surface area contributed by atoms with Crippen molar-refractivity contribution >= 4 is 16.7 Å². The summed E-state index contributed by atoms with van der Waals surface area (Å²) in [4.78, 5) is 26.6. The van der Waals surface area contributed by atoms with E-state index in [0.29, 0.717) is 11.3 Å². The number of nitrogens with one attached hydrogen (secondary N) is 2. The van der Waals surface area contributed by atoms with E-state index < -0.39 is 0 Å². The van der Waals surface area contributed by atoms with Gasteiger partial charge in [0.05, 0.1) is 16.9 Å². The summed E-state index contributed by atoms with van der Waals surface area (Å²) < 4.78 is 0. The van der Waals surface area contributed by atoms with Crippen LogP contribution in [-0.4, -0.2) is 39.5 Å². The lowest BCUT2D eigenvalue weighted by Gasteiger charge is -2.23. The second-order valence-corrected chi connectivity index (χ2v) is 6.89. The third-order valence-electron chi connectivity index (χ3n) is 5.13. The van der Waals surface area contributed by atoms with E-state index in [4.69, 9.17) is 0 Å². The minimum absolute atomic E-state index is 0.0648. The van der Waals surface area contributed by atoms with Crippen molar-refractivity contribution in [3.05, 3.63) is 64.8 Å². The molecule has 1 saturated heterocycles. The number of anilines is 1. The summed E-state index contributed by atoms with van der Waals surface area (Å²) in [5.41, 5.74) is 0.690. The Bertz CT molecular complexity index is 940. The molecule has 0 spiro atoms. The van der Waals surface area contributed by atoms with Crippen molar-refractivity contribution in [1.82, 2.24) is 19.9 Å². The van der Waals surface area contributed by atoms with Gasteiger partial charge in [0.2, 0.25) is 0 Å². The zero-order valence-corrected chi connectivity index (χ0v) is 14.9. The first-order valence-electron chi connectivity index (χ1n) is 9.08. The Morgan fingerprint density at radius 3 is 2.96 bits per heavy atom. The van der Waals surface area contributed by atoms with Crippen LogP contribution in [0.3, 0.4) is 0 Å². The predicted molar refractivity (Wildman–Crippen MR) is 103 cm³/mol. The number of H-pyrrole nitrogens is 1. The molecule has 1 aliphatic heterocycles. The fraction of sp³-hybridized carbons (Fsp3) is 0.350. The summed E-state index contributed by atoms with van der Waals surface area (Å²) in [6.45, 7) is 5.01. The maximum atomic E-state index is 12.3. The molecular weight excluding hydrogens is 326 g/mol. The van der Waals surface area contributed by atoms with Crippen molar-refractivity contribution < 1.29 is 0 Å². The Morgan fingerprint density at radius 2 is 2.12 bits per heavy atom. The highest BCUT2D eigenvalue weighted by atomic mass is 16.1. The van der Waals surface area contributed by atoms with Crippen LogP contribution in [0, 0.1) is 5.92 Å². The molecule has 0 bridgehead atoms. The van der Waals surface area contributed by atoms with Gasteiger partial charge in [-0.1, -0.05) is 18.2 Å². The molecule has 3 aromatic rings. The summed E-state index contributed by atoms with van der Waals surface area (Å²) in [7, 11) is 0. The lowest BCUT2D eigenvalue weighted by Crippen LogP contribution is -2.29. The largest absolute Gasteiger partial charge is 0.370 e. The Balaban J connectivity index is 1.43. The average molecular weight is 349 g/mol. The van der Waals surface area contributed by atoms with Gasteiger partial charge in [-0.25, -0.2) is 9.97 Å². The minimum atomic E-state index is -0.0648. The lowest BCUT2D eigenvalue weighted by molar-refractivity contribution is 0.245. The molecule has 1 aliphatic rings. The van der Waals surface area contributed by atoms with Gasteiger partial charge in [0.25, 0.3) is 5.56 Å². The van der Waals surface area contributed by atoms with Crippen LogP contribution in [0.2, 0.25) is 0 Å². The zero-order chi connectivity index (χ0) is 17.9. The molecule has 1 fully saturated rings. The smallest absolute Gasteiger partial charge is 0.258 e. The highest BCUT2D eigenvalue weighted by molar-refractivity contribution is 5.77. The first-order chi connectivity index (χ1) is 12.7. The first kappa shape index (κ1) is 16.7. The highest BCUT2D eigenvalue weighted by Crippen LogP contribution is 2.26. The number of likely N-dealkylation sites (tertiary alicyclic amines) is 1. The van der Waals surface area contributed by atoms with Crippen LogP contribution in [0.15, 0.2) is 53.5 Å². The van der Waals surface area contributed by atoms with Crippen molar-refractivity contribution in [2.75, 3.05) is 25.0 Å². The Labute approximate surface area is 152 Å². The number of para-hydroxylation sites is 1. The fourth-order valence-electron chi connectivity index (χ4n) is 3.57. The lowest BCUT2D eigenvalue weighted by atomic mass is 10.1. The van der Waals surface area contributed by atoms with Gasteiger partial charge in [-0.05, 0) is 50.1 Å². The van der Waals surface area contributed by atoms with E-state index in [9.17, 15) is 4.79 Å². The molecule has 0 aliphatic carbocycles. The quantitative estimate of drug-likeness (QED) is 0.741. The van der Waals surface area contributed by atoms with E-state index in [0.717, 1.165) is 43.2 Å². The number of rotatable bonds is 5. The molecule has 2 aromatic heterocycles. The molecule has 3 heterocycles. The number of hydrogen-bond donors (Lipinski definition) is 2. The van der Waals surface area contributed by atoms with Crippen LogP contribution in [0.1, 0.15) is 25.2 Å². The zero-order valence-electron chi connectivity index (χ0n) is 14.9. The van der Waals surface area contributed by atoms with Crippen LogP contribution < -0.4 is 10.9 Å². The molecule has 0 radical (unpaired) electrons. The molecule has 6 heteroatoms. The Hall–Kier alpha value is -2.73. The second kappa shape index (κ2) is 7.25. The van der Waals surface area contributed by atoms with Crippen molar-refractivity contribution in [2.45, 2.75) is 19.4 Å². The average Bonchev–Trinajstić information content (AvgIpc) is 3.15. The molecule has 2 atom stereocenters. The molecule has 1 aromatic carbocycles. The monoisotopic (exact) mass is 349 g/mol. The second-order valence-electron chi connectivity index (χ2n) is 6.89. The maximum Gasteiger partial charge on any atom is 0.258 e. The Morgan fingerprint density at radius 1 is 1.27 bits per heavy atom. The van der Waals surface area contributed by atoms with E-state index in [1.54, 1.807) is 6.20 Å². The maximum absolute atomic E-state index is 12.3. The molecule has 0 saturated carbocycles. The first-order valence-corrected chi connectivity index (χ1v) is 9.08. The molecule has 4 rings (SSSR count). The van der Waals surface area contributed by atoms with E-state index in [2.05, 4.69) is 32.1 Å². The number of fused-ring (bicyclic) bond motifs is 1. The van der Waals surface area contributed by atoms with Gasteiger partial charge in [-0.2, -0.15) is 0 Å². The fourth-order valence-corrected chi connectivity index (χ4v) is 3.57. The normalized spacial score (nSPS) is 18.9. The molecule has 6 nitrogen and oxygen atoms in total. The minimum Gasteiger partial charge on any atom is -0.370 e. The van der Waals surface area contributed by atoms with Crippen LogP contribution >= 0.6 is 0 Å². The Kier molecular flexibility index (Phi) is 4.67. The van der Waals surface area contributed by atoms with E-state index in [1.165, 1.54) is 0 Å². The van der Waals surface area contributed by atoms with Crippen molar-refractivity contribution in [1.29, 1.82) is 0 Å². The van der Waals surface area contributed by atoms with Gasteiger partial charge in [0, 0.05) is 19.3 Å². The van der Waals surface area contributed by atoms with Crippen LogP contribution in [0.5, 0.6) is 0 Å². The summed E-state index contributed by atoms with van der Waals surface area (Å²) >= 11 is 0. The summed E-state index contributed by atoms with van der Waals surface area (Å²) in [5.74, 6) is 2.22. The summed E-state index contributed by atoms with van der Waals surface area (Å²) in [6.07, 6.45) is 2.93. The van der Waals surface area contributed by atoms with Crippen molar-refractivity contribution in [3.63, 3.8) is 0 Å². The van der Waals surface area contributed by atoms with Crippen LogP contribution in [0.25, 0.3) is 10.9 Å². The molecule has 0 unspecified atom stereocenters. The van der Waals surface area contributed by atoms with Crippen LogP contribution in [-0.2, 0) is 0 Å². The molecule has 134 valence electrons. The van der Waals surface area contributed by atoms with Gasteiger partial charge >= 0.3 is 0 Å². The number of pyridine rings is 1.